The number of aryl methyl sites for hydroxylation is 1. The molecular weight excluding hydrogens is 364 g/mol. The zero-order chi connectivity index (χ0) is 20.3. The highest BCUT2D eigenvalue weighted by molar-refractivity contribution is 5.73. The minimum absolute atomic E-state index is 0.951. The van der Waals surface area contributed by atoms with Crippen molar-refractivity contribution in [1.82, 2.24) is 9.38 Å². The van der Waals surface area contributed by atoms with Crippen LogP contribution in [-0.4, -0.2) is 9.38 Å². The Balaban J connectivity index is 1.37. The van der Waals surface area contributed by atoms with Gasteiger partial charge in [0.1, 0.15) is 5.65 Å². The summed E-state index contributed by atoms with van der Waals surface area (Å²) in [7, 11) is 0. The second-order valence-corrected chi connectivity index (χ2v) is 7.54. The van der Waals surface area contributed by atoms with Crippen molar-refractivity contribution in [2.24, 2.45) is 0 Å². The van der Waals surface area contributed by atoms with Crippen molar-refractivity contribution in [3.05, 3.63) is 120 Å². The summed E-state index contributed by atoms with van der Waals surface area (Å²) in [5, 5.41) is 0. The molecule has 0 fully saturated rings. The van der Waals surface area contributed by atoms with Crippen LogP contribution < -0.4 is 0 Å². The third kappa shape index (κ3) is 3.81. The molecule has 0 radical (unpaired) electrons. The molecule has 0 amide bonds. The maximum absolute atomic E-state index is 4.80. The van der Waals surface area contributed by atoms with Gasteiger partial charge in [-0.3, -0.25) is 0 Å². The molecule has 0 unspecified atom stereocenters. The van der Waals surface area contributed by atoms with E-state index in [9.17, 15) is 0 Å². The van der Waals surface area contributed by atoms with E-state index in [2.05, 4.69) is 121 Å². The van der Waals surface area contributed by atoms with Gasteiger partial charge in [-0.2, -0.15) is 0 Å². The predicted molar refractivity (Wildman–Crippen MR) is 126 cm³/mol. The summed E-state index contributed by atoms with van der Waals surface area (Å²) in [5.74, 6) is 0. The summed E-state index contributed by atoms with van der Waals surface area (Å²) in [6.07, 6.45) is 8.43. The molecule has 5 aromatic rings. The van der Waals surface area contributed by atoms with Crippen LogP contribution in [0.15, 0.2) is 103 Å². The van der Waals surface area contributed by atoms with Gasteiger partial charge in [0.05, 0.1) is 5.69 Å². The van der Waals surface area contributed by atoms with Crippen molar-refractivity contribution in [3.8, 4) is 22.4 Å². The minimum atomic E-state index is 0.951. The van der Waals surface area contributed by atoms with E-state index in [0.717, 1.165) is 22.5 Å². The number of fused-ring (bicyclic) bond motifs is 1. The Labute approximate surface area is 176 Å². The lowest BCUT2D eigenvalue weighted by Gasteiger charge is -2.02. The Morgan fingerprint density at radius 1 is 0.667 bits per heavy atom. The maximum atomic E-state index is 4.80. The topological polar surface area (TPSA) is 17.3 Å². The van der Waals surface area contributed by atoms with E-state index < -0.39 is 0 Å². The molecule has 0 bridgehead atoms. The summed E-state index contributed by atoms with van der Waals surface area (Å²) in [6, 6.07) is 31.8. The first kappa shape index (κ1) is 18.1. The fraction of sp³-hybridized carbons (Fsp3) is 0.0357. The molecule has 2 heterocycles. The SMILES string of the molecule is Cc1ccc(-c2cn3ccc(/C=C/c4ccc(-c5ccccc5)cc4)cc3n2)cc1. The normalized spacial score (nSPS) is 11.4. The quantitative estimate of drug-likeness (QED) is 0.321. The van der Waals surface area contributed by atoms with Crippen LogP contribution in [0.5, 0.6) is 0 Å². The summed E-state index contributed by atoms with van der Waals surface area (Å²) in [5.41, 5.74) is 9.12. The largest absolute Gasteiger partial charge is 0.306 e. The van der Waals surface area contributed by atoms with Crippen LogP contribution in [0.3, 0.4) is 0 Å². The minimum Gasteiger partial charge on any atom is -0.306 e. The Morgan fingerprint density at radius 3 is 2.10 bits per heavy atom. The Kier molecular flexibility index (Phi) is 4.74. The van der Waals surface area contributed by atoms with Crippen LogP contribution in [0, 0.1) is 6.92 Å². The number of hydrogen-bond acceptors (Lipinski definition) is 1. The average Bonchev–Trinajstić information content (AvgIpc) is 3.22. The number of hydrogen-bond donors (Lipinski definition) is 0. The molecule has 2 aromatic heterocycles. The molecule has 2 heteroatoms. The van der Waals surface area contributed by atoms with E-state index in [0.29, 0.717) is 0 Å². The maximum Gasteiger partial charge on any atom is 0.138 e. The zero-order valence-corrected chi connectivity index (χ0v) is 16.9. The fourth-order valence-corrected chi connectivity index (χ4v) is 3.57. The highest BCUT2D eigenvalue weighted by Crippen LogP contribution is 2.22. The van der Waals surface area contributed by atoms with Crippen LogP contribution in [0.2, 0.25) is 0 Å². The third-order valence-electron chi connectivity index (χ3n) is 5.32. The smallest absolute Gasteiger partial charge is 0.138 e. The number of rotatable bonds is 4. The highest BCUT2D eigenvalue weighted by Gasteiger charge is 2.04. The lowest BCUT2D eigenvalue weighted by molar-refractivity contribution is 1.18. The van der Waals surface area contributed by atoms with E-state index in [1.165, 1.54) is 22.3 Å². The Bertz CT molecular complexity index is 1310. The molecule has 144 valence electrons. The van der Waals surface area contributed by atoms with Crippen molar-refractivity contribution >= 4 is 17.8 Å². The molecule has 0 N–H and O–H groups in total. The van der Waals surface area contributed by atoms with Gasteiger partial charge in [0, 0.05) is 18.0 Å². The van der Waals surface area contributed by atoms with Crippen molar-refractivity contribution in [1.29, 1.82) is 0 Å². The second kappa shape index (κ2) is 7.84. The van der Waals surface area contributed by atoms with Gasteiger partial charge in [-0.05, 0) is 41.3 Å². The van der Waals surface area contributed by atoms with Gasteiger partial charge in [-0.25, -0.2) is 4.98 Å². The molecular formula is C28H22N2. The fourth-order valence-electron chi connectivity index (χ4n) is 3.57. The van der Waals surface area contributed by atoms with Crippen molar-refractivity contribution < 1.29 is 0 Å². The van der Waals surface area contributed by atoms with Crippen LogP contribution in [0.4, 0.5) is 0 Å². The zero-order valence-electron chi connectivity index (χ0n) is 16.9. The lowest BCUT2D eigenvalue weighted by Crippen LogP contribution is -1.83. The van der Waals surface area contributed by atoms with Gasteiger partial charge in [0.25, 0.3) is 0 Å². The standard InChI is InChI=1S/C28H22N2/c1-21-7-13-26(14-8-21)27-20-30-18-17-23(19-28(30)29-27)10-9-22-11-15-25(16-12-22)24-5-3-2-4-6-24/h2-20H,1H3/b10-9+. The highest BCUT2D eigenvalue weighted by atomic mass is 15.0. The molecule has 0 aliphatic heterocycles. The molecule has 30 heavy (non-hydrogen) atoms. The van der Waals surface area contributed by atoms with E-state index in [1.54, 1.807) is 0 Å². The van der Waals surface area contributed by atoms with Crippen molar-refractivity contribution in [3.63, 3.8) is 0 Å². The van der Waals surface area contributed by atoms with Gasteiger partial charge >= 0.3 is 0 Å². The summed E-state index contributed by atoms with van der Waals surface area (Å²) in [4.78, 5) is 4.80. The summed E-state index contributed by atoms with van der Waals surface area (Å²) >= 11 is 0. The van der Waals surface area contributed by atoms with Crippen LogP contribution in [-0.2, 0) is 0 Å². The van der Waals surface area contributed by atoms with Crippen LogP contribution in [0.25, 0.3) is 40.2 Å². The van der Waals surface area contributed by atoms with Gasteiger partial charge in [0.15, 0.2) is 0 Å². The van der Waals surface area contributed by atoms with Crippen molar-refractivity contribution in [2.45, 2.75) is 6.92 Å². The first-order valence-corrected chi connectivity index (χ1v) is 10.1. The molecule has 0 aliphatic carbocycles. The molecule has 0 saturated heterocycles. The average molecular weight is 386 g/mol. The third-order valence-corrected chi connectivity index (χ3v) is 5.32. The first-order chi connectivity index (χ1) is 14.7. The molecule has 2 nitrogen and oxygen atoms in total. The van der Waals surface area contributed by atoms with Gasteiger partial charge in [-0.1, -0.05) is 96.6 Å². The van der Waals surface area contributed by atoms with Crippen LogP contribution >= 0.6 is 0 Å². The van der Waals surface area contributed by atoms with Gasteiger partial charge in [0.2, 0.25) is 0 Å². The van der Waals surface area contributed by atoms with Gasteiger partial charge < -0.3 is 4.40 Å². The number of imidazole rings is 1. The molecule has 3 aromatic carbocycles. The summed E-state index contributed by atoms with van der Waals surface area (Å²) < 4.78 is 2.07. The molecule has 0 atom stereocenters. The summed E-state index contributed by atoms with van der Waals surface area (Å²) in [6.45, 7) is 2.10. The van der Waals surface area contributed by atoms with E-state index in [1.807, 2.05) is 6.07 Å². The Hall–Kier alpha value is -3.91. The lowest BCUT2D eigenvalue weighted by atomic mass is 10.0. The first-order valence-electron chi connectivity index (χ1n) is 10.1. The molecule has 0 spiro atoms. The number of aromatic nitrogens is 2. The number of nitrogens with zero attached hydrogens (tertiary/aromatic N) is 2. The molecule has 0 saturated carbocycles. The molecule has 0 aliphatic rings. The van der Waals surface area contributed by atoms with Gasteiger partial charge in [-0.15, -0.1) is 0 Å². The van der Waals surface area contributed by atoms with Crippen LogP contribution in [0.1, 0.15) is 16.7 Å². The number of pyridine rings is 1. The monoisotopic (exact) mass is 386 g/mol. The predicted octanol–water partition coefficient (Wildman–Crippen LogP) is 7.15. The van der Waals surface area contributed by atoms with E-state index >= 15 is 0 Å². The van der Waals surface area contributed by atoms with E-state index in [4.69, 9.17) is 4.98 Å². The van der Waals surface area contributed by atoms with E-state index in [-0.39, 0.29) is 0 Å². The van der Waals surface area contributed by atoms with Crippen molar-refractivity contribution in [2.75, 3.05) is 0 Å². The second-order valence-electron chi connectivity index (χ2n) is 7.54. The Morgan fingerprint density at radius 2 is 1.33 bits per heavy atom. The number of benzene rings is 3. The molecule has 5 rings (SSSR count).